The Morgan fingerprint density at radius 3 is 1.11 bits per heavy atom. The van der Waals surface area contributed by atoms with Gasteiger partial charge in [-0.15, -0.1) is 56.9 Å². The molecule has 0 saturated heterocycles. The van der Waals surface area contributed by atoms with Crippen LogP contribution in [0.4, 0.5) is 0 Å². The monoisotopic (exact) mass is 864 g/mol. The van der Waals surface area contributed by atoms with Crippen molar-refractivity contribution in [1.82, 2.24) is 0 Å². The summed E-state index contributed by atoms with van der Waals surface area (Å²) in [5.41, 5.74) is 16.0. The van der Waals surface area contributed by atoms with Crippen molar-refractivity contribution < 1.29 is 20.8 Å². The van der Waals surface area contributed by atoms with Gasteiger partial charge in [-0.2, -0.15) is 12.1 Å². The number of halogens is 2. The van der Waals surface area contributed by atoms with E-state index in [2.05, 4.69) is 212 Å². The summed E-state index contributed by atoms with van der Waals surface area (Å²) in [7, 11) is 11.0. The number of fused-ring (bicyclic) bond motifs is 2. The van der Waals surface area contributed by atoms with Gasteiger partial charge in [0.25, 0.3) is 0 Å². The topological polar surface area (TPSA) is 0 Å². The molecular formula is C52H52Cl2SiZr. The minimum atomic E-state index is -0.826. The fourth-order valence-corrected chi connectivity index (χ4v) is 7.28. The van der Waals surface area contributed by atoms with Gasteiger partial charge in [0.1, 0.15) is 0 Å². The summed E-state index contributed by atoms with van der Waals surface area (Å²) in [4.78, 5) is 0. The van der Waals surface area contributed by atoms with Gasteiger partial charge in [0.2, 0.25) is 0 Å². The van der Waals surface area contributed by atoms with Crippen LogP contribution in [-0.4, -0.2) is 9.52 Å². The Labute approximate surface area is 357 Å². The maximum atomic E-state index is 4.93. The molecule has 8 rings (SSSR count). The van der Waals surface area contributed by atoms with Crippen LogP contribution in [0.1, 0.15) is 61.8 Å². The van der Waals surface area contributed by atoms with Gasteiger partial charge in [-0.25, -0.2) is 0 Å². The van der Waals surface area contributed by atoms with Crippen LogP contribution in [0.25, 0.3) is 66.1 Å². The molecule has 0 spiro atoms. The summed E-state index contributed by atoms with van der Waals surface area (Å²) in [5, 5.41) is 5.39. The Morgan fingerprint density at radius 2 is 0.786 bits per heavy atom. The van der Waals surface area contributed by atoms with Crippen LogP contribution in [0.5, 0.6) is 0 Å². The Bertz CT molecular complexity index is 2260. The molecule has 8 aromatic carbocycles. The van der Waals surface area contributed by atoms with E-state index in [9.17, 15) is 0 Å². The predicted octanol–water partition coefficient (Wildman–Crippen LogP) is 16.8. The molecule has 0 heterocycles. The molecule has 56 heavy (non-hydrogen) atoms. The molecule has 0 amide bonds. The van der Waals surface area contributed by atoms with Crippen molar-refractivity contribution in [2.24, 2.45) is 0 Å². The summed E-state index contributed by atoms with van der Waals surface area (Å²) in [6.07, 6.45) is 0. The Morgan fingerprint density at radius 1 is 0.464 bits per heavy atom. The van der Waals surface area contributed by atoms with E-state index in [-0.39, 0.29) is 0 Å². The van der Waals surface area contributed by atoms with Gasteiger partial charge in [0.15, 0.2) is 0 Å². The standard InChI is InChI=1S/2C25H23.C2H6Si.2ClH.Zr/c2*1-17(2)21-15-20-13-14-23(19-10-5-4-6-11-19)25(24(20)16-21)22-12-8-7-9-18(22)3;1-3-2;;;/h2*4-17H,1-3H3;1-2H3;2*1H;/q2*-1;;;;+4/p-2. The Kier molecular flexibility index (Phi) is 16.3. The number of hydrogen-bond donors (Lipinski definition) is 0. The van der Waals surface area contributed by atoms with Gasteiger partial charge in [-0.05, 0) is 70.2 Å². The first-order valence-corrected chi connectivity index (χ1v) is 27.7. The van der Waals surface area contributed by atoms with Gasteiger partial charge < -0.3 is 0 Å². The number of rotatable bonds is 6. The minimum absolute atomic E-state index is 0.539. The van der Waals surface area contributed by atoms with E-state index in [4.69, 9.17) is 17.0 Å². The molecule has 282 valence electrons. The molecule has 0 N–H and O–H groups in total. The van der Waals surface area contributed by atoms with E-state index in [0.717, 1.165) is 9.52 Å². The Hall–Kier alpha value is -3.78. The van der Waals surface area contributed by atoms with E-state index < -0.39 is 20.8 Å². The normalized spacial score (nSPS) is 10.6. The van der Waals surface area contributed by atoms with Gasteiger partial charge >= 0.3 is 37.9 Å². The van der Waals surface area contributed by atoms with Crippen molar-refractivity contribution in [2.45, 2.75) is 66.5 Å². The second-order valence-corrected chi connectivity index (χ2v) is 19.5. The molecule has 0 nitrogen and oxygen atoms in total. The number of benzene rings is 6. The second-order valence-electron chi connectivity index (χ2n) is 14.8. The zero-order chi connectivity index (χ0) is 40.2. The molecule has 0 aliphatic heterocycles. The van der Waals surface area contributed by atoms with Crippen molar-refractivity contribution in [1.29, 1.82) is 0 Å². The molecule has 0 aliphatic carbocycles. The molecule has 4 heteroatoms. The third-order valence-electron chi connectivity index (χ3n) is 10.2. The van der Waals surface area contributed by atoms with Gasteiger partial charge in [-0.1, -0.05) is 173 Å². The summed E-state index contributed by atoms with van der Waals surface area (Å²) >= 11 is -0.826. The van der Waals surface area contributed by atoms with Crippen molar-refractivity contribution in [3.63, 3.8) is 0 Å². The van der Waals surface area contributed by atoms with E-state index in [1.807, 2.05) is 0 Å². The van der Waals surface area contributed by atoms with E-state index in [0.29, 0.717) is 11.8 Å². The first-order valence-electron chi connectivity index (χ1n) is 19.4. The van der Waals surface area contributed by atoms with Crippen molar-refractivity contribution >= 4 is 48.1 Å². The third-order valence-corrected chi connectivity index (χ3v) is 10.2. The molecule has 0 bridgehead atoms. The Balaban J connectivity index is 0.000000188. The van der Waals surface area contributed by atoms with Crippen molar-refractivity contribution in [2.75, 3.05) is 0 Å². The molecule has 2 radical (unpaired) electrons. The summed E-state index contributed by atoms with van der Waals surface area (Å²) in [5.74, 6) is 1.08. The zero-order valence-electron chi connectivity index (χ0n) is 33.9. The van der Waals surface area contributed by atoms with Crippen LogP contribution in [0, 0.1) is 13.8 Å². The summed E-state index contributed by atoms with van der Waals surface area (Å²) in [6, 6.07) is 57.4. The number of aryl methyl sites for hydroxylation is 2. The molecule has 0 fully saturated rings. The first kappa shape index (κ1) is 43.3. The fraction of sp³-hybridized carbons (Fsp3) is 0.192. The van der Waals surface area contributed by atoms with Gasteiger partial charge in [-0.3, -0.25) is 0 Å². The van der Waals surface area contributed by atoms with E-state index >= 15 is 0 Å². The summed E-state index contributed by atoms with van der Waals surface area (Å²) < 4.78 is 0. The molecule has 0 aromatic heterocycles. The van der Waals surface area contributed by atoms with Crippen molar-refractivity contribution in [3.05, 3.63) is 180 Å². The average molecular weight is 867 g/mol. The van der Waals surface area contributed by atoms with Crippen LogP contribution < -0.4 is 0 Å². The van der Waals surface area contributed by atoms with Crippen LogP contribution in [0.3, 0.4) is 0 Å². The molecule has 0 atom stereocenters. The fourth-order valence-electron chi connectivity index (χ4n) is 7.28. The SMILES string of the molecule is C[Si]C.Cc1ccccc1-c1c(-c2ccccc2)ccc2[cH-]c(C(C)C)cc12.Cc1ccccc1-c1c(-c2ccccc2)ccc2[cH-]c(C(C)C)cc12.[Cl][Zr+2][Cl]. The number of hydrogen-bond acceptors (Lipinski definition) is 0. The van der Waals surface area contributed by atoms with Gasteiger partial charge in [0.05, 0.1) is 0 Å². The molecule has 0 saturated carbocycles. The van der Waals surface area contributed by atoms with Crippen molar-refractivity contribution in [3.8, 4) is 44.5 Å². The quantitative estimate of drug-likeness (QED) is 0.115. The molecule has 0 aliphatic rings. The summed E-state index contributed by atoms with van der Waals surface area (Å²) in [6.45, 7) is 17.8. The average Bonchev–Trinajstić information content (AvgIpc) is 3.85. The van der Waals surface area contributed by atoms with Crippen LogP contribution in [0.15, 0.2) is 158 Å². The molecule has 8 aromatic rings. The van der Waals surface area contributed by atoms with Crippen LogP contribution in [0.2, 0.25) is 13.1 Å². The van der Waals surface area contributed by atoms with E-state index in [1.54, 1.807) is 0 Å². The van der Waals surface area contributed by atoms with Crippen LogP contribution in [-0.2, 0) is 20.8 Å². The molecule has 0 unspecified atom stereocenters. The van der Waals surface area contributed by atoms with E-state index in [1.165, 1.54) is 88.3 Å². The third kappa shape index (κ3) is 10.4. The molecular weight excluding hydrogens is 815 g/mol. The van der Waals surface area contributed by atoms with Gasteiger partial charge in [0, 0.05) is 9.52 Å². The first-order chi connectivity index (χ1) is 27.1. The zero-order valence-corrected chi connectivity index (χ0v) is 38.9. The second kappa shape index (κ2) is 21.1. The maximum absolute atomic E-state index is 4.93. The van der Waals surface area contributed by atoms with Crippen LogP contribution >= 0.6 is 17.0 Å². The predicted molar refractivity (Wildman–Crippen MR) is 248 cm³/mol.